The van der Waals surface area contributed by atoms with Gasteiger partial charge in [-0.05, 0) is 36.2 Å². The Kier molecular flexibility index (Phi) is 3.72. The van der Waals surface area contributed by atoms with Gasteiger partial charge in [-0.1, -0.05) is 23.7 Å². The Hall–Kier alpha value is -1.74. The van der Waals surface area contributed by atoms with Crippen molar-refractivity contribution in [2.75, 3.05) is 5.32 Å². The lowest BCUT2D eigenvalue weighted by Gasteiger charge is -2.11. The largest absolute Gasteiger partial charge is 0.508 e. The Labute approximate surface area is 110 Å². The first-order valence-corrected chi connectivity index (χ1v) is 5.91. The zero-order chi connectivity index (χ0) is 13.1. The summed E-state index contributed by atoms with van der Waals surface area (Å²) in [6.45, 7) is 2.34. The first-order chi connectivity index (χ1) is 8.56. The van der Waals surface area contributed by atoms with Gasteiger partial charge >= 0.3 is 0 Å². The van der Waals surface area contributed by atoms with Gasteiger partial charge < -0.3 is 10.4 Å². The Morgan fingerprint density at radius 2 is 2.06 bits per heavy atom. The van der Waals surface area contributed by atoms with Crippen LogP contribution in [0.15, 0.2) is 36.4 Å². The number of phenols is 1. The predicted octanol–water partition coefficient (Wildman–Crippen LogP) is 4.11. The van der Waals surface area contributed by atoms with Crippen molar-refractivity contribution in [1.29, 1.82) is 0 Å². The summed E-state index contributed by atoms with van der Waals surface area (Å²) in [4.78, 5) is 0. The van der Waals surface area contributed by atoms with Gasteiger partial charge in [-0.25, -0.2) is 4.39 Å². The average molecular weight is 266 g/mol. The molecule has 0 amide bonds. The second-order valence-corrected chi connectivity index (χ2v) is 4.51. The van der Waals surface area contributed by atoms with Crippen LogP contribution in [0.5, 0.6) is 5.75 Å². The molecule has 0 aliphatic rings. The highest BCUT2D eigenvalue weighted by atomic mass is 35.5. The number of hydrogen-bond donors (Lipinski definition) is 2. The monoisotopic (exact) mass is 265 g/mol. The van der Waals surface area contributed by atoms with E-state index in [1.165, 1.54) is 12.1 Å². The van der Waals surface area contributed by atoms with Crippen molar-refractivity contribution < 1.29 is 9.50 Å². The summed E-state index contributed by atoms with van der Waals surface area (Å²) in [6, 6.07) is 9.57. The van der Waals surface area contributed by atoms with Crippen LogP contribution in [-0.4, -0.2) is 5.11 Å². The zero-order valence-corrected chi connectivity index (χ0v) is 10.6. The van der Waals surface area contributed by atoms with E-state index in [2.05, 4.69) is 5.32 Å². The van der Waals surface area contributed by atoms with Crippen molar-refractivity contribution in [3.63, 3.8) is 0 Å². The molecule has 0 aliphatic heterocycles. The summed E-state index contributed by atoms with van der Waals surface area (Å²) >= 11 is 6.07. The minimum Gasteiger partial charge on any atom is -0.508 e. The number of para-hydroxylation sites is 1. The molecule has 0 saturated heterocycles. The van der Waals surface area contributed by atoms with Gasteiger partial charge in [0.15, 0.2) is 0 Å². The van der Waals surface area contributed by atoms with Gasteiger partial charge in [0, 0.05) is 12.6 Å². The van der Waals surface area contributed by atoms with Gasteiger partial charge in [-0.3, -0.25) is 0 Å². The number of nitrogens with one attached hydrogen (secondary N) is 1. The van der Waals surface area contributed by atoms with Crippen molar-refractivity contribution in [3.8, 4) is 5.75 Å². The molecule has 2 rings (SSSR count). The van der Waals surface area contributed by atoms with Crippen LogP contribution in [0.4, 0.5) is 10.1 Å². The van der Waals surface area contributed by atoms with Crippen LogP contribution >= 0.6 is 11.6 Å². The number of benzene rings is 2. The van der Waals surface area contributed by atoms with Gasteiger partial charge in [0.2, 0.25) is 0 Å². The minimum atomic E-state index is -0.456. The smallest absolute Gasteiger partial charge is 0.127 e. The van der Waals surface area contributed by atoms with Gasteiger partial charge in [0.05, 0.1) is 10.7 Å². The van der Waals surface area contributed by atoms with Gasteiger partial charge in [-0.2, -0.15) is 0 Å². The third kappa shape index (κ3) is 2.93. The molecular weight excluding hydrogens is 253 g/mol. The molecule has 0 unspecified atom stereocenters. The van der Waals surface area contributed by atoms with Crippen LogP contribution in [0, 0.1) is 12.7 Å². The summed E-state index contributed by atoms with van der Waals surface area (Å²) in [5.74, 6) is -0.537. The number of aryl methyl sites for hydroxylation is 1. The summed E-state index contributed by atoms with van der Waals surface area (Å²) in [5, 5.41) is 13.1. The highest BCUT2D eigenvalue weighted by Crippen LogP contribution is 2.26. The molecule has 0 spiro atoms. The Balaban J connectivity index is 2.16. The van der Waals surface area contributed by atoms with Crippen LogP contribution in [0.25, 0.3) is 0 Å². The Morgan fingerprint density at radius 1 is 1.28 bits per heavy atom. The van der Waals surface area contributed by atoms with E-state index in [0.29, 0.717) is 17.1 Å². The summed E-state index contributed by atoms with van der Waals surface area (Å²) in [7, 11) is 0. The number of aromatic hydroxyl groups is 1. The summed E-state index contributed by atoms with van der Waals surface area (Å²) < 4.78 is 13.1. The zero-order valence-electron chi connectivity index (χ0n) is 9.87. The molecule has 2 N–H and O–H groups in total. The number of hydrogen-bond acceptors (Lipinski definition) is 2. The lowest BCUT2D eigenvalue weighted by molar-refractivity contribution is 0.468. The molecule has 0 saturated carbocycles. The van der Waals surface area contributed by atoms with Gasteiger partial charge in [0.1, 0.15) is 11.6 Å². The van der Waals surface area contributed by atoms with Crippen LogP contribution in [0.3, 0.4) is 0 Å². The fourth-order valence-corrected chi connectivity index (χ4v) is 2.07. The molecule has 0 aromatic heterocycles. The maximum absolute atomic E-state index is 13.1. The molecule has 0 atom stereocenters. The lowest BCUT2D eigenvalue weighted by atomic mass is 10.1. The molecule has 4 heteroatoms. The van der Waals surface area contributed by atoms with Crippen LogP contribution in [-0.2, 0) is 6.54 Å². The molecule has 2 nitrogen and oxygen atoms in total. The van der Waals surface area contributed by atoms with Gasteiger partial charge in [0.25, 0.3) is 0 Å². The topological polar surface area (TPSA) is 32.3 Å². The molecule has 0 aliphatic carbocycles. The van der Waals surface area contributed by atoms with Crippen LogP contribution in [0.1, 0.15) is 11.1 Å². The van der Waals surface area contributed by atoms with E-state index in [4.69, 9.17) is 11.6 Å². The Bertz CT molecular complexity index is 531. The van der Waals surface area contributed by atoms with Crippen LogP contribution in [0.2, 0.25) is 5.02 Å². The van der Waals surface area contributed by atoms with Crippen molar-refractivity contribution in [1.82, 2.24) is 0 Å². The van der Waals surface area contributed by atoms with E-state index < -0.39 is 5.82 Å². The molecule has 2 aromatic carbocycles. The molecule has 0 heterocycles. The van der Waals surface area contributed by atoms with Crippen molar-refractivity contribution in [3.05, 3.63) is 58.4 Å². The first-order valence-electron chi connectivity index (χ1n) is 5.53. The van der Waals surface area contributed by atoms with Crippen molar-refractivity contribution in [2.45, 2.75) is 13.5 Å². The number of phenolic OH excluding ortho intramolecular Hbond substituents is 1. The van der Waals surface area contributed by atoms with E-state index in [9.17, 15) is 9.50 Å². The molecule has 0 radical (unpaired) electrons. The van der Waals surface area contributed by atoms with Crippen LogP contribution < -0.4 is 5.32 Å². The van der Waals surface area contributed by atoms with Crippen molar-refractivity contribution in [2.24, 2.45) is 0 Å². The standard InChI is InChI=1S/C14H13ClFNO/c1-9-3-2-4-13(15)14(9)17-8-10-5-11(16)7-12(18)6-10/h2-7,17-18H,8H2,1H3. The fraction of sp³-hybridized carbons (Fsp3) is 0.143. The molecule has 18 heavy (non-hydrogen) atoms. The van der Waals surface area contributed by atoms with E-state index >= 15 is 0 Å². The number of anilines is 1. The second kappa shape index (κ2) is 5.27. The SMILES string of the molecule is Cc1cccc(Cl)c1NCc1cc(O)cc(F)c1. The molecule has 2 aromatic rings. The van der Waals surface area contributed by atoms with E-state index in [0.717, 1.165) is 17.3 Å². The maximum atomic E-state index is 13.1. The molecular formula is C14H13ClFNO. The normalized spacial score (nSPS) is 10.4. The minimum absolute atomic E-state index is 0.0809. The third-order valence-electron chi connectivity index (χ3n) is 2.63. The third-order valence-corrected chi connectivity index (χ3v) is 2.95. The number of halogens is 2. The summed E-state index contributed by atoms with van der Waals surface area (Å²) in [6.07, 6.45) is 0. The Morgan fingerprint density at radius 3 is 2.72 bits per heavy atom. The molecule has 0 bridgehead atoms. The van der Waals surface area contributed by atoms with E-state index in [1.807, 2.05) is 19.1 Å². The molecule has 94 valence electrons. The fourth-order valence-electron chi connectivity index (χ4n) is 1.78. The summed E-state index contributed by atoms with van der Waals surface area (Å²) in [5.41, 5.74) is 2.50. The second-order valence-electron chi connectivity index (χ2n) is 4.10. The van der Waals surface area contributed by atoms with Gasteiger partial charge in [-0.15, -0.1) is 0 Å². The predicted molar refractivity (Wildman–Crippen MR) is 71.6 cm³/mol. The van der Waals surface area contributed by atoms with Crippen molar-refractivity contribution >= 4 is 17.3 Å². The van der Waals surface area contributed by atoms with E-state index in [-0.39, 0.29) is 5.75 Å². The maximum Gasteiger partial charge on any atom is 0.127 e. The average Bonchev–Trinajstić information content (AvgIpc) is 2.27. The highest BCUT2D eigenvalue weighted by molar-refractivity contribution is 6.33. The first kappa shape index (κ1) is 12.7. The van der Waals surface area contributed by atoms with E-state index in [1.54, 1.807) is 6.07 Å². The highest BCUT2D eigenvalue weighted by Gasteiger charge is 2.04. The molecule has 0 fully saturated rings. The number of rotatable bonds is 3. The lowest BCUT2D eigenvalue weighted by Crippen LogP contribution is -2.02. The quantitative estimate of drug-likeness (QED) is 0.875.